The molecular formula is C16H13N3O2. The average Bonchev–Trinajstić information content (AvgIpc) is 3.06. The van der Waals surface area contributed by atoms with Gasteiger partial charge in [0.25, 0.3) is 11.8 Å². The van der Waals surface area contributed by atoms with E-state index in [1.807, 2.05) is 6.07 Å². The number of carbonyl (C=O) groups excluding carboxylic acids is 2. The zero-order valence-electron chi connectivity index (χ0n) is 11.3. The number of hydrogen-bond acceptors (Lipinski definition) is 4. The molecule has 2 aromatic rings. The lowest BCUT2D eigenvalue weighted by atomic mass is 10.1. The molecule has 21 heavy (non-hydrogen) atoms. The van der Waals surface area contributed by atoms with E-state index < -0.39 is 0 Å². The Hall–Kier alpha value is -2.53. The number of benzene rings is 1. The summed E-state index contributed by atoms with van der Waals surface area (Å²) in [5.74, 6) is -0.573. The molecule has 0 bridgehead atoms. The highest BCUT2D eigenvalue weighted by Gasteiger charge is 2.36. The first-order chi connectivity index (χ1) is 10.2. The van der Waals surface area contributed by atoms with Crippen molar-refractivity contribution in [2.45, 2.75) is 19.6 Å². The Bertz CT molecular complexity index is 735. The number of amides is 2. The van der Waals surface area contributed by atoms with Crippen LogP contribution >= 0.6 is 0 Å². The second-order valence-electron chi connectivity index (χ2n) is 5.30. The van der Waals surface area contributed by atoms with Gasteiger partial charge in [0.2, 0.25) is 0 Å². The van der Waals surface area contributed by atoms with Crippen molar-refractivity contribution in [3.05, 3.63) is 64.5 Å². The van der Waals surface area contributed by atoms with Crippen molar-refractivity contribution in [3.63, 3.8) is 0 Å². The van der Waals surface area contributed by atoms with Crippen LogP contribution in [-0.4, -0.2) is 21.7 Å². The molecule has 4 rings (SSSR count). The third-order valence-electron chi connectivity index (χ3n) is 3.97. The molecule has 0 aliphatic carbocycles. The molecule has 0 saturated carbocycles. The molecule has 0 saturated heterocycles. The number of carbonyl (C=O) groups is 2. The van der Waals surface area contributed by atoms with E-state index in [0.717, 1.165) is 18.7 Å². The maximum absolute atomic E-state index is 12.3. The fourth-order valence-corrected chi connectivity index (χ4v) is 2.89. The van der Waals surface area contributed by atoms with Crippen LogP contribution in [0.3, 0.4) is 0 Å². The Morgan fingerprint density at radius 2 is 1.95 bits per heavy atom. The third-order valence-corrected chi connectivity index (χ3v) is 3.97. The Labute approximate surface area is 121 Å². The van der Waals surface area contributed by atoms with E-state index in [0.29, 0.717) is 12.1 Å². The van der Waals surface area contributed by atoms with E-state index in [2.05, 4.69) is 22.4 Å². The van der Waals surface area contributed by atoms with Crippen molar-refractivity contribution in [1.29, 1.82) is 0 Å². The maximum Gasteiger partial charge on any atom is 0.280 e. The van der Waals surface area contributed by atoms with Gasteiger partial charge in [0, 0.05) is 19.3 Å². The number of fused-ring (bicyclic) bond motifs is 2. The van der Waals surface area contributed by atoms with Crippen LogP contribution in [0.15, 0.2) is 36.5 Å². The summed E-state index contributed by atoms with van der Waals surface area (Å²) in [5, 5.41) is 3.28. The largest absolute Gasteiger partial charge is 0.309 e. The predicted molar refractivity (Wildman–Crippen MR) is 75.4 cm³/mol. The molecular weight excluding hydrogens is 266 g/mol. The van der Waals surface area contributed by atoms with Crippen LogP contribution in [0.5, 0.6) is 0 Å². The molecule has 5 nitrogen and oxygen atoms in total. The second-order valence-corrected chi connectivity index (χ2v) is 5.30. The lowest BCUT2D eigenvalue weighted by Crippen LogP contribution is -2.29. The summed E-state index contributed by atoms with van der Waals surface area (Å²) in [7, 11) is 0. The van der Waals surface area contributed by atoms with Crippen molar-refractivity contribution in [1.82, 2.24) is 15.2 Å². The molecule has 1 aromatic heterocycles. The van der Waals surface area contributed by atoms with Crippen LogP contribution in [0.1, 0.15) is 37.5 Å². The van der Waals surface area contributed by atoms with Crippen LogP contribution in [-0.2, 0) is 19.6 Å². The number of pyridine rings is 1. The van der Waals surface area contributed by atoms with Crippen molar-refractivity contribution < 1.29 is 9.59 Å². The van der Waals surface area contributed by atoms with E-state index in [1.165, 1.54) is 22.2 Å². The van der Waals surface area contributed by atoms with Gasteiger partial charge in [-0.15, -0.1) is 0 Å². The van der Waals surface area contributed by atoms with Gasteiger partial charge in [0.1, 0.15) is 5.69 Å². The Balaban J connectivity index is 1.64. The molecule has 0 unspecified atom stereocenters. The van der Waals surface area contributed by atoms with E-state index in [9.17, 15) is 9.59 Å². The van der Waals surface area contributed by atoms with E-state index in [-0.39, 0.29) is 17.5 Å². The second kappa shape index (κ2) is 4.49. The minimum Gasteiger partial charge on any atom is -0.309 e. The summed E-state index contributed by atoms with van der Waals surface area (Å²) in [4.78, 5) is 29.9. The number of aromatic nitrogens is 1. The fourth-order valence-electron chi connectivity index (χ4n) is 2.89. The number of imide groups is 1. The first kappa shape index (κ1) is 12.2. The molecule has 1 N–H and O–H groups in total. The van der Waals surface area contributed by atoms with Gasteiger partial charge >= 0.3 is 0 Å². The topological polar surface area (TPSA) is 62.3 Å². The summed E-state index contributed by atoms with van der Waals surface area (Å²) in [6.07, 6.45) is 1.54. The summed E-state index contributed by atoms with van der Waals surface area (Å²) in [5.41, 5.74) is 4.13. The van der Waals surface area contributed by atoms with Gasteiger partial charge in [-0.05, 0) is 28.8 Å². The zero-order chi connectivity index (χ0) is 14.4. The Morgan fingerprint density at radius 3 is 2.81 bits per heavy atom. The molecule has 1 aromatic carbocycles. The zero-order valence-corrected chi connectivity index (χ0v) is 11.3. The van der Waals surface area contributed by atoms with Crippen molar-refractivity contribution in [3.8, 4) is 0 Å². The monoisotopic (exact) mass is 279 g/mol. The number of hydrogen-bond donors (Lipinski definition) is 1. The number of nitrogens with one attached hydrogen (secondary N) is 1. The molecule has 5 heteroatoms. The molecule has 0 radical (unpaired) electrons. The van der Waals surface area contributed by atoms with Gasteiger partial charge in [-0.25, -0.2) is 0 Å². The van der Waals surface area contributed by atoms with E-state index >= 15 is 0 Å². The highest BCUT2D eigenvalue weighted by atomic mass is 16.2. The lowest BCUT2D eigenvalue weighted by Gasteiger charge is -2.14. The van der Waals surface area contributed by atoms with Gasteiger partial charge in [0.15, 0.2) is 0 Å². The summed E-state index contributed by atoms with van der Waals surface area (Å²) < 4.78 is 0. The van der Waals surface area contributed by atoms with E-state index in [4.69, 9.17) is 0 Å². The van der Waals surface area contributed by atoms with Crippen molar-refractivity contribution in [2.24, 2.45) is 0 Å². The summed E-state index contributed by atoms with van der Waals surface area (Å²) in [6.45, 7) is 2.01. The lowest BCUT2D eigenvalue weighted by molar-refractivity contribution is 0.0640. The summed E-state index contributed by atoms with van der Waals surface area (Å²) >= 11 is 0. The van der Waals surface area contributed by atoms with Crippen LogP contribution in [0.2, 0.25) is 0 Å². The first-order valence-electron chi connectivity index (χ1n) is 6.86. The molecule has 3 heterocycles. The van der Waals surface area contributed by atoms with Crippen LogP contribution in [0, 0.1) is 0 Å². The molecule has 2 aliphatic rings. The smallest absolute Gasteiger partial charge is 0.280 e. The van der Waals surface area contributed by atoms with Crippen molar-refractivity contribution in [2.75, 3.05) is 0 Å². The van der Waals surface area contributed by atoms with Crippen LogP contribution in [0.25, 0.3) is 0 Å². The van der Waals surface area contributed by atoms with Crippen LogP contribution < -0.4 is 5.32 Å². The number of rotatable bonds is 2. The minimum atomic E-state index is -0.311. The maximum atomic E-state index is 12.3. The highest BCUT2D eigenvalue weighted by molar-refractivity contribution is 6.20. The average molecular weight is 279 g/mol. The van der Waals surface area contributed by atoms with Gasteiger partial charge in [-0.1, -0.05) is 18.2 Å². The van der Waals surface area contributed by atoms with Gasteiger partial charge < -0.3 is 5.32 Å². The summed E-state index contributed by atoms with van der Waals surface area (Å²) in [6, 6.07) is 9.42. The minimum absolute atomic E-state index is 0.255. The van der Waals surface area contributed by atoms with Gasteiger partial charge in [-0.3, -0.25) is 19.5 Å². The molecule has 2 aliphatic heterocycles. The molecule has 0 spiro atoms. The van der Waals surface area contributed by atoms with Gasteiger partial charge in [-0.2, -0.15) is 0 Å². The SMILES string of the molecule is O=C1c2cccnc2C(=O)N1Cc1ccc2c(c1)CNC2. The highest BCUT2D eigenvalue weighted by Crippen LogP contribution is 2.24. The number of nitrogens with zero attached hydrogens (tertiary/aromatic N) is 2. The normalized spacial score (nSPS) is 16.3. The van der Waals surface area contributed by atoms with Gasteiger partial charge in [0.05, 0.1) is 12.1 Å². The molecule has 0 atom stereocenters. The third kappa shape index (κ3) is 1.86. The molecule has 2 amide bonds. The van der Waals surface area contributed by atoms with Crippen LogP contribution in [0.4, 0.5) is 0 Å². The van der Waals surface area contributed by atoms with Crippen molar-refractivity contribution >= 4 is 11.8 Å². The Kier molecular flexibility index (Phi) is 2.62. The standard InChI is InChI=1S/C16H13N3O2/c20-15-13-2-1-5-18-14(13)16(21)19(15)9-10-3-4-11-7-17-8-12(11)6-10/h1-6,17H,7-9H2. The molecule has 0 fully saturated rings. The predicted octanol–water partition coefficient (Wildman–Crippen LogP) is 1.48. The fraction of sp³-hybridized carbons (Fsp3) is 0.188. The molecule has 104 valence electrons. The first-order valence-corrected chi connectivity index (χ1v) is 6.86. The quantitative estimate of drug-likeness (QED) is 0.846. The Morgan fingerprint density at radius 1 is 1.10 bits per heavy atom. The van der Waals surface area contributed by atoms with E-state index in [1.54, 1.807) is 12.1 Å².